The number of thioether (sulfide) groups is 1. The van der Waals surface area contributed by atoms with Gasteiger partial charge in [0.05, 0.1) is 17.1 Å². The molecule has 2 aromatic heterocycles. The van der Waals surface area contributed by atoms with Crippen molar-refractivity contribution in [3.05, 3.63) is 75.7 Å². The topological polar surface area (TPSA) is 95.0 Å². The Bertz CT molecular complexity index is 1280. The minimum Gasteiger partial charge on any atom is -0.411 e. The van der Waals surface area contributed by atoms with Crippen molar-refractivity contribution in [2.75, 3.05) is 11.1 Å². The third-order valence-electron chi connectivity index (χ3n) is 4.64. The molecule has 0 aliphatic rings. The second kappa shape index (κ2) is 8.83. The highest BCUT2D eigenvalue weighted by molar-refractivity contribution is 7.99. The molecule has 2 heterocycles. The van der Waals surface area contributed by atoms with E-state index < -0.39 is 0 Å². The zero-order chi connectivity index (χ0) is 22.0. The van der Waals surface area contributed by atoms with Crippen molar-refractivity contribution in [1.29, 1.82) is 0 Å². The summed E-state index contributed by atoms with van der Waals surface area (Å²) in [4.78, 5) is 25.3. The number of carbonyl (C=O) groups excluding carboxylic acids is 1. The third-order valence-corrected chi connectivity index (χ3v) is 5.71. The summed E-state index contributed by atoms with van der Waals surface area (Å²) in [5, 5.41) is 11.5. The van der Waals surface area contributed by atoms with Crippen LogP contribution < -0.4 is 10.9 Å². The van der Waals surface area contributed by atoms with Gasteiger partial charge in [0.25, 0.3) is 10.8 Å². The van der Waals surface area contributed by atoms with Crippen LogP contribution in [0.5, 0.6) is 0 Å². The monoisotopic (exact) mass is 455 g/mol. The number of benzene rings is 2. The van der Waals surface area contributed by atoms with Gasteiger partial charge in [-0.3, -0.25) is 14.3 Å². The van der Waals surface area contributed by atoms with Crippen LogP contribution in [0.15, 0.2) is 69.0 Å². The summed E-state index contributed by atoms with van der Waals surface area (Å²) in [6, 6.07) is 16.2. The lowest BCUT2D eigenvalue weighted by Gasteiger charge is -2.07. The number of nitrogens with one attached hydrogen (secondary N) is 1. The van der Waals surface area contributed by atoms with Gasteiger partial charge >= 0.3 is 0 Å². The highest BCUT2D eigenvalue weighted by Crippen LogP contribution is 2.24. The van der Waals surface area contributed by atoms with Gasteiger partial charge in [0.1, 0.15) is 5.69 Å². The molecule has 0 saturated carbocycles. The maximum atomic E-state index is 12.9. The molecule has 0 unspecified atom stereocenters. The Kier molecular flexibility index (Phi) is 5.97. The van der Waals surface area contributed by atoms with Crippen LogP contribution in [0.3, 0.4) is 0 Å². The van der Waals surface area contributed by atoms with E-state index in [4.69, 9.17) is 16.0 Å². The highest BCUT2D eigenvalue weighted by atomic mass is 35.5. The number of hydrogen-bond acceptors (Lipinski definition) is 6. The Labute approximate surface area is 186 Å². The number of hydrogen-bond donors (Lipinski definition) is 1. The van der Waals surface area contributed by atoms with Crippen molar-refractivity contribution < 1.29 is 9.21 Å². The zero-order valence-electron chi connectivity index (χ0n) is 16.7. The van der Waals surface area contributed by atoms with E-state index in [-0.39, 0.29) is 28.1 Å². The van der Waals surface area contributed by atoms with Gasteiger partial charge in [-0.15, -0.1) is 10.2 Å². The summed E-state index contributed by atoms with van der Waals surface area (Å²) in [7, 11) is 1.77. The molecule has 1 N–H and O–H groups in total. The Balaban J connectivity index is 1.44. The van der Waals surface area contributed by atoms with Crippen molar-refractivity contribution >= 4 is 35.0 Å². The lowest BCUT2D eigenvalue weighted by molar-refractivity contribution is -0.113. The molecule has 0 saturated heterocycles. The lowest BCUT2D eigenvalue weighted by atomic mass is 10.2. The maximum Gasteiger partial charge on any atom is 0.295 e. The van der Waals surface area contributed by atoms with E-state index in [2.05, 4.69) is 15.5 Å². The smallest absolute Gasteiger partial charge is 0.295 e. The van der Waals surface area contributed by atoms with Crippen molar-refractivity contribution in [2.24, 2.45) is 7.05 Å². The summed E-state index contributed by atoms with van der Waals surface area (Å²) in [5.41, 5.74) is 2.04. The van der Waals surface area contributed by atoms with Crippen LogP contribution in [-0.2, 0) is 11.8 Å². The molecular weight excluding hydrogens is 438 g/mol. The fraction of sp³-hybridized carbons (Fsp3) is 0.143. The summed E-state index contributed by atoms with van der Waals surface area (Å²) in [6.45, 7) is 1.78. The predicted octanol–water partition coefficient (Wildman–Crippen LogP) is 3.92. The minimum atomic E-state index is -0.345. The van der Waals surface area contributed by atoms with Crippen LogP contribution in [0.4, 0.5) is 5.69 Å². The van der Waals surface area contributed by atoms with Gasteiger partial charge < -0.3 is 9.73 Å². The van der Waals surface area contributed by atoms with Crippen molar-refractivity contribution in [3.63, 3.8) is 0 Å². The molecule has 0 bridgehead atoms. The lowest BCUT2D eigenvalue weighted by Crippen LogP contribution is -2.23. The second-order valence-corrected chi connectivity index (χ2v) is 8.02. The number of halogens is 1. The van der Waals surface area contributed by atoms with Gasteiger partial charge in [0.15, 0.2) is 0 Å². The molecular formula is C21H18ClN5O3S. The Morgan fingerprint density at radius 2 is 1.84 bits per heavy atom. The third kappa shape index (κ3) is 4.42. The normalized spacial score (nSPS) is 10.9. The van der Waals surface area contributed by atoms with Crippen LogP contribution >= 0.6 is 23.4 Å². The van der Waals surface area contributed by atoms with E-state index in [1.165, 1.54) is 4.68 Å². The number of para-hydroxylation sites is 1. The molecule has 4 aromatic rings. The molecule has 4 rings (SSSR count). The average molecular weight is 456 g/mol. The number of carbonyl (C=O) groups is 1. The Morgan fingerprint density at radius 1 is 1.13 bits per heavy atom. The molecule has 2 aromatic carbocycles. The van der Waals surface area contributed by atoms with Gasteiger partial charge in [-0.25, -0.2) is 4.68 Å². The predicted molar refractivity (Wildman–Crippen MR) is 120 cm³/mol. The second-order valence-electron chi connectivity index (χ2n) is 6.65. The van der Waals surface area contributed by atoms with Crippen molar-refractivity contribution in [3.8, 4) is 17.1 Å². The van der Waals surface area contributed by atoms with E-state index in [9.17, 15) is 9.59 Å². The number of amides is 1. The first-order chi connectivity index (χ1) is 14.9. The van der Waals surface area contributed by atoms with Crippen molar-refractivity contribution in [1.82, 2.24) is 19.6 Å². The van der Waals surface area contributed by atoms with Gasteiger partial charge in [0.2, 0.25) is 11.8 Å². The number of rotatable bonds is 6. The summed E-state index contributed by atoms with van der Waals surface area (Å²) in [6.07, 6.45) is 0. The molecule has 10 heteroatoms. The summed E-state index contributed by atoms with van der Waals surface area (Å²) < 4.78 is 8.80. The summed E-state index contributed by atoms with van der Waals surface area (Å²) >= 11 is 6.97. The molecule has 0 atom stereocenters. The van der Waals surface area contributed by atoms with E-state index in [0.717, 1.165) is 17.3 Å². The number of aromatic nitrogens is 4. The molecule has 8 nitrogen and oxygen atoms in total. The fourth-order valence-electron chi connectivity index (χ4n) is 2.99. The van der Waals surface area contributed by atoms with E-state index >= 15 is 0 Å². The molecule has 0 radical (unpaired) electrons. The molecule has 0 fully saturated rings. The fourth-order valence-corrected chi connectivity index (χ4v) is 3.68. The number of nitrogens with zero attached hydrogens (tertiary/aromatic N) is 4. The van der Waals surface area contributed by atoms with E-state index in [1.54, 1.807) is 42.9 Å². The molecule has 0 aliphatic carbocycles. The quantitative estimate of drug-likeness (QED) is 0.443. The van der Waals surface area contributed by atoms with Gasteiger partial charge in [-0.1, -0.05) is 41.6 Å². The van der Waals surface area contributed by atoms with Crippen molar-refractivity contribution in [2.45, 2.75) is 12.1 Å². The zero-order valence-corrected chi connectivity index (χ0v) is 18.3. The summed E-state index contributed by atoms with van der Waals surface area (Å²) in [5.74, 6) is 0.00735. The Morgan fingerprint density at radius 3 is 2.55 bits per heavy atom. The molecule has 31 heavy (non-hydrogen) atoms. The SMILES string of the molecule is Cc1c(NC(=O)CSc2nnc(-c3ccc(Cl)cc3)o2)c(=O)n(-c2ccccc2)n1C. The largest absolute Gasteiger partial charge is 0.411 e. The van der Waals surface area contributed by atoms with Crippen LogP contribution in [0.2, 0.25) is 5.02 Å². The molecule has 1 amide bonds. The first-order valence-corrected chi connectivity index (χ1v) is 10.7. The standard InChI is InChI=1S/C21H18ClN5O3S/c1-13-18(20(29)27(26(13)2)16-6-4-3-5-7-16)23-17(28)12-31-21-25-24-19(30-21)14-8-10-15(22)11-9-14/h3-11H,12H2,1-2H3,(H,23,28). The van der Waals surface area contributed by atoms with Gasteiger partial charge in [-0.2, -0.15) is 0 Å². The minimum absolute atomic E-state index is 0.0152. The van der Waals surface area contributed by atoms with E-state index in [0.29, 0.717) is 22.3 Å². The van der Waals surface area contributed by atoms with Gasteiger partial charge in [0, 0.05) is 17.6 Å². The van der Waals surface area contributed by atoms with Crippen LogP contribution in [-0.4, -0.2) is 31.2 Å². The Hall–Kier alpha value is -3.30. The number of anilines is 1. The molecule has 158 valence electrons. The average Bonchev–Trinajstić information content (AvgIpc) is 3.33. The van der Waals surface area contributed by atoms with Crippen LogP contribution in [0.1, 0.15) is 5.69 Å². The van der Waals surface area contributed by atoms with Crippen LogP contribution in [0, 0.1) is 6.92 Å². The van der Waals surface area contributed by atoms with Gasteiger partial charge in [-0.05, 0) is 43.3 Å². The van der Waals surface area contributed by atoms with Crippen LogP contribution in [0.25, 0.3) is 17.1 Å². The first-order valence-electron chi connectivity index (χ1n) is 9.30. The highest BCUT2D eigenvalue weighted by Gasteiger charge is 2.19. The first kappa shape index (κ1) is 21.0. The van der Waals surface area contributed by atoms with E-state index in [1.807, 2.05) is 30.3 Å². The molecule has 0 spiro atoms. The molecule has 0 aliphatic heterocycles. The maximum absolute atomic E-state index is 12.9.